The molecule has 0 aliphatic carbocycles. The van der Waals surface area contributed by atoms with E-state index in [0.29, 0.717) is 0 Å². The summed E-state index contributed by atoms with van der Waals surface area (Å²) in [4.78, 5) is 0. The molecule has 0 N–H and O–H groups in total. The maximum absolute atomic E-state index is 2.55. The summed E-state index contributed by atoms with van der Waals surface area (Å²) < 4.78 is 0. The van der Waals surface area contributed by atoms with E-state index in [1.807, 2.05) is 0 Å². The normalized spacial score (nSPS) is 11.6. The van der Waals surface area contributed by atoms with Gasteiger partial charge in [0.2, 0.25) is 0 Å². The Labute approximate surface area is 109 Å². The molecule has 103 valence electrons. The van der Waals surface area contributed by atoms with Crippen LogP contribution in [0.5, 0.6) is 0 Å². The monoisotopic (exact) mass is 242 g/mol. The largest absolute Gasteiger partial charge is 0.141 e. The lowest BCUT2D eigenvalue weighted by molar-refractivity contribution is 0.0887. The Morgan fingerprint density at radius 3 is 1.53 bits per heavy atom. The second-order valence-electron chi connectivity index (χ2n) is 5.05. The predicted molar refractivity (Wildman–Crippen MR) is 78.5 cm³/mol. The Balaban J connectivity index is 3.72. The zero-order valence-corrected chi connectivity index (χ0v) is 12.7. The highest BCUT2D eigenvalue weighted by Gasteiger charge is 2.17. The number of hydrogen-bond acceptors (Lipinski definition) is 2. The Kier molecular flexibility index (Phi) is 12.3. The standard InChI is InChI=1S/C15H34N2/c1-5-8-10-12-14-17(16(4)7-3)15-13-11-9-6-2/h5-15H2,1-4H3/q+1. The lowest BCUT2D eigenvalue weighted by atomic mass is 10.2. The lowest BCUT2D eigenvalue weighted by Crippen LogP contribution is -2.45. The molecule has 0 spiro atoms. The molecule has 0 rings (SSSR count). The van der Waals surface area contributed by atoms with E-state index in [1.165, 1.54) is 64.5 Å². The van der Waals surface area contributed by atoms with Gasteiger partial charge in [0.25, 0.3) is 0 Å². The summed E-state index contributed by atoms with van der Waals surface area (Å²) in [6.45, 7) is 10.4. The van der Waals surface area contributed by atoms with Crippen LogP contribution in [-0.4, -0.2) is 31.7 Å². The molecule has 0 aromatic rings. The van der Waals surface area contributed by atoms with E-state index < -0.39 is 0 Å². The van der Waals surface area contributed by atoms with Crippen LogP contribution in [0.4, 0.5) is 0 Å². The van der Waals surface area contributed by atoms with Crippen LogP contribution in [-0.2, 0) is 0 Å². The van der Waals surface area contributed by atoms with Crippen LogP contribution >= 0.6 is 0 Å². The molecule has 0 aromatic heterocycles. The minimum atomic E-state index is 1.13. The van der Waals surface area contributed by atoms with Gasteiger partial charge in [-0.3, -0.25) is 0 Å². The highest BCUT2D eigenvalue weighted by Crippen LogP contribution is 2.05. The van der Waals surface area contributed by atoms with Crippen molar-refractivity contribution in [3.05, 3.63) is 0 Å². The van der Waals surface area contributed by atoms with E-state index in [-0.39, 0.29) is 0 Å². The zero-order chi connectivity index (χ0) is 12.9. The van der Waals surface area contributed by atoms with Crippen LogP contribution in [0.25, 0.3) is 0 Å². The van der Waals surface area contributed by atoms with E-state index >= 15 is 0 Å². The minimum absolute atomic E-state index is 1.13. The van der Waals surface area contributed by atoms with Crippen molar-refractivity contribution in [1.29, 1.82) is 0 Å². The first kappa shape index (κ1) is 16.9. The molecule has 2 heteroatoms. The fraction of sp³-hybridized carbons (Fsp3) is 1.00. The number of rotatable bonds is 12. The number of hydrogen-bond donors (Lipinski definition) is 0. The number of hydrazine groups is 1. The van der Waals surface area contributed by atoms with Crippen molar-refractivity contribution < 1.29 is 0 Å². The van der Waals surface area contributed by atoms with Gasteiger partial charge >= 0.3 is 0 Å². The van der Waals surface area contributed by atoms with Crippen molar-refractivity contribution in [2.24, 2.45) is 0 Å². The average Bonchev–Trinajstić information content (AvgIpc) is 2.36. The Hall–Kier alpha value is -0.0800. The summed E-state index contributed by atoms with van der Waals surface area (Å²) in [6, 6.07) is 0. The zero-order valence-electron chi connectivity index (χ0n) is 12.7. The predicted octanol–water partition coefficient (Wildman–Crippen LogP) is 4.15. The first-order valence-corrected chi connectivity index (χ1v) is 7.72. The molecule has 0 unspecified atom stereocenters. The molecule has 1 radical (unpaired) electrons. The van der Waals surface area contributed by atoms with Crippen molar-refractivity contribution in [3.63, 3.8) is 0 Å². The molecule has 2 nitrogen and oxygen atoms in total. The molecule has 17 heavy (non-hydrogen) atoms. The lowest BCUT2D eigenvalue weighted by Gasteiger charge is -2.21. The van der Waals surface area contributed by atoms with Crippen molar-refractivity contribution in [3.8, 4) is 0 Å². The molecular formula is C15H34N2+. The van der Waals surface area contributed by atoms with Gasteiger partial charge in [-0.25, -0.2) is 0 Å². The van der Waals surface area contributed by atoms with Gasteiger partial charge < -0.3 is 0 Å². The SMILES string of the molecule is CCCCCCN(CCCCCC)[N+](C)CC. The molecule has 0 saturated carbocycles. The van der Waals surface area contributed by atoms with Crippen LogP contribution in [0.1, 0.15) is 72.1 Å². The molecule has 0 aliphatic heterocycles. The fourth-order valence-electron chi connectivity index (χ4n) is 2.10. The maximum Gasteiger partial charge on any atom is 0.141 e. The summed E-state index contributed by atoms with van der Waals surface area (Å²) in [6.07, 6.45) is 10.9. The van der Waals surface area contributed by atoms with Gasteiger partial charge in [0, 0.05) is 0 Å². The van der Waals surface area contributed by atoms with Gasteiger partial charge in [-0.15, -0.1) is 5.01 Å². The van der Waals surface area contributed by atoms with Crippen molar-refractivity contribution in [2.45, 2.75) is 72.1 Å². The second kappa shape index (κ2) is 12.4. The van der Waals surface area contributed by atoms with Crippen LogP contribution in [0.15, 0.2) is 0 Å². The summed E-state index contributed by atoms with van der Waals surface area (Å²) in [5.41, 5.74) is 0. The molecular weight excluding hydrogens is 208 g/mol. The highest BCUT2D eigenvalue weighted by molar-refractivity contribution is 4.58. The molecule has 0 atom stereocenters. The van der Waals surface area contributed by atoms with Crippen LogP contribution in [0, 0.1) is 0 Å². The Morgan fingerprint density at radius 2 is 1.18 bits per heavy atom. The summed E-state index contributed by atoms with van der Waals surface area (Å²) in [5.74, 6) is 0. The number of nitrogens with zero attached hydrogens (tertiary/aromatic N) is 2. The first-order valence-electron chi connectivity index (χ1n) is 7.72. The van der Waals surface area contributed by atoms with E-state index in [4.69, 9.17) is 0 Å². The Bertz CT molecular complexity index is 136. The highest BCUT2D eigenvalue weighted by atomic mass is 15.6. The molecule has 0 saturated heterocycles. The molecule has 0 fully saturated rings. The summed E-state index contributed by atoms with van der Waals surface area (Å²) in [7, 11) is 2.22. The van der Waals surface area contributed by atoms with E-state index in [9.17, 15) is 0 Å². The van der Waals surface area contributed by atoms with Crippen molar-refractivity contribution in [1.82, 2.24) is 10.0 Å². The fourth-order valence-corrected chi connectivity index (χ4v) is 2.10. The second-order valence-corrected chi connectivity index (χ2v) is 5.05. The summed E-state index contributed by atoms with van der Waals surface area (Å²) >= 11 is 0. The van der Waals surface area contributed by atoms with Crippen molar-refractivity contribution >= 4 is 0 Å². The number of unbranched alkanes of at least 4 members (excludes halogenated alkanes) is 6. The third kappa shape index (κ3) is 9.61. The maximum atomic E-state index is 2.55. The molecule has 0 bridgehead atoms. The summed E-state index contributed by atoms with van der Waals surface area (Å²) in [5, 5.41) is 4.93. The third-order valence-corrected chi connectivity index (χ3v) is 3.48. The van der Waals surface area contributed by atoms with Gasteiger partial charge in [0.15, 0.2) is 0 Å². The van der Waals surface area contributed by atoms with Gasteiger partial charge in [0.05, 0.1) is 13.1 Å². The van der Waals surface area contributed by atoms with E-state index in [0.717, 1.165) is 6.54 Å². The van der Waals surface area contributed by atoms with Gasteiger partial charge in [-0.2, -0.15) is 0 Å². The molecule has 0 aliphatic rings. The molecule has 0 heterocycles. The first-order chi connectivity index (χ1) is 8.26. The van der Waals surface area contributed by atoms with E-state index in [1.54, 1.807) is 0 Å². The smallest absolute Gasteiger partial charge is 0.107 e. The van der Waals surface area contributed by atoms with E-state index in [2.05, 4.69) is 37.8 Å². The van der Waals surface area contributed by atoms with Gasteiger partial charge in [-0.1, -0.05) is 57.4 Å². The topological polar surface area (TPSA) is 9.14 Å². The Morgan fingerprint density at radius 1 is 0.706 bits per heavy atom. The van der Waals surface area contributed by atoms with Gasteiger partial charge in [-0.05, 0) is 19.8 Å². The third-order valence-electron chi connectivity index (χ3n) is 3.48. The molecule has 0 aromatic carbocycles. The van der Waals surface area contributed by atoms with Crippen LogP contribution < -0.4 is 5.01 Å². The quantitative estimate of drug-likeness (QED) is 0.284. The average molecular weight is 242 g/mol. The van der Waals surface area contributed by atoms with Crippen LogP contribution in [0.3, 0.4) is 0 Å². The van der Waals surface area contributed by atoms with Crippen LogP contribution in [0.2, 0.25) is 0 Å². The van der Waals surface area contributed by atoms with Gasteiger partial charge in [0.1, 0.15) is 13.6 Å². The minimum Gasteiger partial charge on any atom is -0.107 e. The van der Waals surface area contributed by atoms with Crippen molar-refractivity contribution in [2.75, 3.05) is 26.7 Å². The molecule has 0 amide bonds.